The van der Waals surface area contributed by atoms with Crippen LogP contribution in [0.4, 0.5) is 0 Å². The van der Waals surface area contributed by atoms with E-state index in [9.17, 15) is 0 Å². The van der Waals surface area contributed by atoms with Crippen molar-refractivity contribution in [1.82, 2.24) is 0 Å². The molecule has 3 rings (SSSR count). The van der Waals surface area contributed by atoms with E-state index in [1.54, 1.807) is 0 Å². The van der Waals surface area contributed by atoms with Crippen LogP contribution in [0.1, 0.15) is 0 Å². The van der Waals surface area contributed by atoms with Crippen molar-refractivity contribution in [3.8, 4) is 11.4 Å². The van der Waals surface area contributed by atoms with Crippen LogP contribution in [0.2, 0.25) is 0 Å². The number of hydrogen-bond acceptors (Lipinski definition) is 0. The summed E-state index contributed by atoms with van der Waals surface area (Å²) in [6, 6.07) is 12.8. The Morgan fingerprint density at radius 3 is 1.85 bits per heavy atom. The van der Waals surface area contributed by atoms with Crippen LogP contribution in [0.3, 0.4) is 0 Å². The summed E-state index contributed by atoms with van der Waals surface area (Å²) in [5, 5.41) is 0. The fourth-order valence-electron chi connectivity index (χ4n) is 2.16. The Morgan fingerprint density at radius 1 is 0.769 bits per heavy atom. The minimum absolute atomic E-state index is 0.200. The van der Waals surface area contributed by atoms with Crippen LogP contribution in [-0.2, 0) is 0 Å². The molecule has 0 aromatic carbocycles. The highest BCUT2D eigenvalue weighted by molar-refractivity contribution is 6.14. The van der Waals surface area contributed by atoms with Gasteiger partial charge in [0.15, 0.2) is 0 Å². The molecular formula is C10H10BN2+. The molecule has 13 heavy (non-hydrogen) atoms. The van der Waals surface area contributed by atoms with Gasteiger partial charge >= 0.3 is 7.55 Å². The third-order valence-corrected chi connectivity index (χ3v) is 2.80. The first-order chi connectivity index (χ1) is 6.45. The summed E-state index contributed by atoms with van der Waals surface area (Å²) in [5.74, 6) is 0. The van der Waals surface area contributed by atoms with Crippen molar-refractivity contribution in [1.29, 1.82) is 0 Å². The summed E-state index contributed by atoms with van der Waals surface area (Å²) in [6.45, 7) is 0. The number of rotatable bonds is 0. The highest BCUT2D eigenvalue weighted by atomic mass is 15.1. The molecule has 0 saturated heterocycles. The minimum atomic E-state index is -0.200. The SMILES string of the molecule is [BH2-]1[n+]2ccccc2-c2cccc[n+]21. The van der Waals surface area contributed by atoms with E-state index in [1.165, 1.54) is 11.4 Å². The highest BCUT2D eigenvalue weighted by Crippen LogP contribution is 2.11. The lowest BCUT2D eigenvalue weighted by Gasteiger charge is -1.91. The quantitative estimate of drug-likeness (QED) is 0.406. The molecule has 1 aliphatic rings. The van der Waals surface area contributed by atoms with E-state index in [4.69, 9.17) is 0 Å². The van der Waals surface area contributed by atoms with Crippen LogP contribution < -0.4 is 8.96 Å². The van der Waals surface area contributed by atoms with Crippen molar-refractivity contribution in [2.45, 2.75) is 0 Å². The summed E-state index contributed by atoms with van der Waals surface area (Å²) in [6.07, 6.45) is 4.34. The zero-order chi connectivity index (χ0) is 8.67. The number of aromatic nitrogens is 2. The molecular weight excluding hydrogens is 159 g/mol. The Morgan fingerprint density at radius 2 is 1.31 bits per heavy atom. The molecule has 0 bridgehead atoms. The largest absolute Gasteiger partial charge is 0.527 e. The Hall–Kier alpha value is -1.64. The lowest BCUT2D eigenvalue weighted by atomic mass is 10.2. The molecule has 0 N–H and O–H groups in total. The topological polar surface area (TPSA) is 7.76 Å². The van der Waals surface area contributed by atoms with Crippen LogP contribution in [0.5, 0.6) is 0 Å². The molecule has 0 spiro atoms. The highest BCUT2D eigenvalue weighted by Gasteiger charge is 2.25. The molecule has 62 valence electrons. The number of nitrogens with zero attached hydrogens (tertiary/aromatic N) is 2. The molecule has 0 unspecified atom stereocenters. The van der Waals surface area contributed by atoms with E-state index in [2.05, 4.69) is 57.7 Å². The summed E-state index contributed by atoms with van der Waals surface area (Å²) in [5.41, 5.74) is 2.70. The normalized spacial score (nSPS) is 12.3. The molecule has 0 saturated carbocycles. The average molecular weight is 169 g/mol. The molecule has 0 atom stereocenters. The van der Waals surface area contributed by atoms with Crippen LogP contribution >= 0.6 is 0 Å². The van der Waals surface area contributed by atoms with Gasteiger partial charge in [-0.2, -0.15) is 0 Å². The van der Waals surface area contributed by atoms with Crippen molar-refractivity contribution in [3.05, 3.63) is 48.8 Å². The average Bonchev–Trinajstić information content (AvgIpc) is 2.56. The molecule has 1 aliphatic heterocycles. The lowest BCUT2D eigenvalue weighted by molar-refractivity contribution is -0.614. The molecule has 2 nitrogen and oxygen atoms in total. The molecule has 2 aromatic heterocycles. The van der Waals surface area contributed by atoms with Crippen LogP contribution in [0.15, 0.2) is 48.8 Å². The standard InChI is InChI=1S/C10H10BN2/c1-3-7-12-9(5-1)10-6-2-4-8-13(10)11-12/h1-8H,11H2/q+1. The summed E-state index contributed by atoms with van der Waals surface area (Å²) in [4.78, 5) is 0. The first-order valence-electron chi connectivity index (χ1n) is 4.69. The Labute approximate surface area is 77.4 Å². The van der Waals surface area contributed by atoms with Gasteiger partial charge in [0, 0.05) is 12.1 Å². The second kappa shape index (κ2) is 2.42. The predicted molar refractivity (Wildman–Crippen MR) is 51.6 cm³/mol. The van der Waals surface area contributed by atoms with E-state index < -0.39 is 0 Å². The second-order valence-corrected chi connectivity index (χ2v) is 3.59. The van der Waals surface area contributed by atoms with Crippen molar-refractivity contribution < 1.29 is 8.96 Å². The zero-order valence-corrected chi connectivity index (χ0v) is 7.51. The van der Waals surface area contributed by atoms with Gasteiger partial charge in [-0.1, -0.05) is 0 Å². The van der Waals surface area contributed by atoms with Crippen molar-refractivity contribution in [2.24, 2.45) is 0 Å². The molecule has 0 amide bonds. The fourth-order valence-corrected chi connectivity index (χ4v) is 2.16. The Balaban J connectivity index is 2.32. The van der Waals surface area contributed by atoms with E-state index in [0.29, 0.717) is 0 Å². The Bertz CT molecular complexity index is 424. The maximum atomic E-state index is 2.37. The number of hydrogen-bond donors (Lipinski definition) is 0. The number of fused-ring (bicyclic) bond motifs is 3. The molecule has 2 aromatic rings. The monoisotopic (exact) mass is 169 g/mol. The van der Waals surface area contributed by atoms with Gasteiger partial charge in [-0.15, -0.1) is 0 Å². The minimum Gasteiger partial charge on any atom is -0.355 e. The van der Waals surface area contributed by atoms with Crippen molar-refractivity contribution in [3.63, 3.8) is 0 Å². The smallest absolute Gasteiger partial charge is 0.355 e. The van der Waals surface area contributed by atoms with E-state index >= 15 is 0 Å². The van der Waals surface area contributed by atoms with Gasteiger partial charge in [0.05, 0.1) is 0 Å². The molecule has 3 heteroatoms. The van der Waals surface area contributed by atoms with Gasteiger partial charge in [0.25, 0.3) is 0 Å². The maximum Gasteiger partial charge on any atom is 0.527 e. The molecule has 3 heterocycles. The summed E-state index contributed by atoms with van der Waals surface area (Å²) >= 11 is 0. The van der Waals surface area contributed by atoms with Crippen molar-refractivity contribution in [2.75, 3.05) is 0 Å². The second-order valence-electron chi connectivity index (χ2n) is 3.59. The van der Waals surface area contributed by atoms with Gasteiger partial charge in [-0.25, -0.2) is 0 Å². The third kappa shape index (κ3) is 0.901. The fraction of sp³-hybridized carbons (Fsp3) is 0. The van der Waals surface area contributed by atoms with Gasteiger partial charge in [-0.3, -0.25) is 0 Å². The first-order valence-corrected chi connectivity index (χ1v) is 4.69. The molecule has 0 fully saturated rings. The zero-order valence-electron chi connectivity index (χ0n) is 7.51. The summed E-state index contributed by atoms with van der Waals surface area (Å²) < 4.78 is 4.74. The first kappa shape index (κ1) is 6.84. The van der Waals surface area contributed by atoms with Crippen molar-refractivity contribution >= 4 is 7.55 Å². The van der Waals surface area contributed by atoms with Gasteiger partial charge < -0.3 is 8.96 Å². The van der Waals surface area contributed by atoms with E-state index in [0.717, 1.165) is 0 Å². The van der Waals surface area contributed by atoms with Gasteiger partial charge in [0.1, 0.15) is 12.4 Å². The van der Waals surface area contributed by atoms with Crippen LogP contribution in [0, 0.1) is 0 Å². The van der Waals surface area contributed by atoms with Gasteiger partial charge in [0.2, 0.25) is 11.4 Å². The van der Waals surface area contributed by atoms with Gasteiger partial charge in [-0.05, 0) is 24.3 Å². The van der Waals surface area contributed by atoms with E-state index in [1.807, 2.05) is 0 Å². The third-order valence-electron chi connectivity index (χ3n) is 2.80. The Kier molecular flexibility index (Phi) is 1.27. The molecule has 0 radical (unpaired) electrons. The lowest BCUT2D eigenvalue weighted by Crippen LogP contribution is -2.52. The predicted octanol–water partition coefficient (Wildman–Crippen LogP) is -0.363. The van der Waals surface area contributed by atoms with Crippen LogP contribution in [-0.4, -0.2) is 7.55 Å². The summed E-state index contributed by atoms with van der Waals surface area (Å²) in [7, 11) is -0.200. The van der Waals surface area contributed by atoms with Crippen LogP contribution in [0.25, 0.3) is 11.4 Å². The molecule has 0 aliphatic carbocycles. The van der Waals surface area contributed by atoms with E-state index in [-0.39, 0.29) is 7.55 Å². The number of pyridine rings is 2. The maximum absolute atomic E-state index is 2.37.